The van der Waals surface area contributed by atoms with E-state index in [1.165, 1.54) is 0 Å². The Morgan fingerprint density at radius 2 is 2.36 bits per heavy atom. The third-order valence-electron chi connectivity index (χ3n) is 2.15. The second-order valence-corrected chi connectivity index (χ2v) is 3.34. The van der Waals surface area contributed by atoms with Gasteiger partial charge in [0.1, 0.15) is 0 Å². The maximum Gasteiger partial charge on any atom is 0.0273 e. The van der Waals surface area contributed by atoms with Crippen molar-refractivity contribution in [1.82, 2.24) is 0 Å². The molecule has 1 unspecified atom stereocenters. The highest BCUT2D eigenvalue weighted by Crippen LogP contribution is 2.16. The Hall–Kier alpha value is -1.50. The molecule has 74 valence electrons. The first kappa shape index (κ1) is 10.6. The van der Waals surface area contributed by atoms with Crippen LogP contribution in [0.15, 0.2) is 60.9 Å². The zero-order valence-corrected chi connectivity index (χ0v) is 8.39. The zero-order chi connectivity index (χ0) is 10.2. The quantitative estimate of drug-likeness (QED) is 0.672. The summed E-state index contributed by atoms with van der Waals surface area (Å²) in [6.45, 7) is 3.59. The van der Waals surface area contributed by atoms with Crippen LogP contribution in [0.5, 0.6) is 0 Å². The van der Waals surface area contributed by atoms with Crippen LogP contribution in [-0.2, 0) is 0 Å². The monoisotopic (exact) mass is 187 g/mol. The van der Waals surface area contributed by atoms with E-state index in [0.29, 0.717) is 5.92 Å². The van der Waals surface area contributed by atoms with Crippen molar-refractivity contribution in [3.05, 3.63) is 60.9 Å². The summed E-state index contributed by atoms with van der Waals surface area (Å²) in [7, 11) is 0. The lowest BCUT2D eigenvalue weighted by molar-refractivity contribution is 0.667. The van der Waals surface area contributed by atoms with Gasteiger partial charge in [0, 0.05) is 5.70 Å². The van der Waals surface area contributed by atoms with E-state index in [1.807, 2.05) is 12.2 Å². The number of hydrogen-bond acceptors (Lipinski definition) is 1. The summed E-state index contributed by atoms with van der Waals surface area (Å²) in [5.41, 5.74) is 6.57. The number of nitrogens with two attached hydrogens (primary N) is 1. The molecule has 1 heteroatoms. The fraction of sp³-hybridized carbons (Fsp3) is 0.231. The van der Waals surface area contributed by atoms with Crippen molar-refractivity contribution in [1.29, 1.82) is 0 Å². The van der Waals surface area contributed by atoms with Crippen LogP contribution in [0.3, 0.4) is 0 Å². The van der Waals surface area contributed by atoms with Crippen LogP contribution in [0, 0.1) is 5.92 Å². The maximum atomic E-state index is 5.76. The van der Waals surface area contributed by atoms with Crippen LogP contribution in [0.1, 0.15) is 12.8 Å². The first-order chi connectivity index (χ1) is 6.83. The topological polar surface area (TPSA) is 26.0 Å². The molecular formula is C13H17N. The molecule has 0 fully saturated rings. The number of hydrogen-bond donors (Lipinski definition) is 1. The lowest BCUT2D eigenvalue weighted by Gasteiger charge is -2.09. The van der Waals surface area contributed by atoms with Crippen LogP contribution in [0.25, 0.3) is 0 Å². The molecule has 1 aliphatic carbocycles. The molecule has 0 aromatic heterocycles. The van der Waals surface area contributed by atoms with Crippen LogP contribution in [0.4, 0.5) is 0 Å². The fourth-order valence-electron chi connectivity index (χ4n) is 1.34. The summed E-state index contributed by atoms with van der Waals surface area (Å²) >= 11 is 0. The van der Waals surface area contributed by atoms with Crippen molar-refractivity contribution in [2.45, 2.75) is 12.8 Å². The second kappa shape index (κ2) is 6.03. The van der Waals surface area contributed by atoms with Crippen LogP contribution < -0.4 is 5.73 Å². The Morgan fingerprint density at radius 1 is 1.50 bits per heavy atom. The van der Waals surface area contributed by atoms with E-state index in [0.717, 1.165) is 18.5 Å². The Kier molecular flexibility index (Phi) is 4.56. The Bertz CT molecular complexity index is 292. The van der Waals surface area contributed by atoms with Crippen molar-refractivity contribution < 1.29 is 0 Å². The van der Waals surface area contributed by atoms with E-state index in [-0.39, 0.29) is 0 Å². The molecule has 0 spiro atoms. The van der Waals surface area contributed by atoms with Gasteiger partial charge in [-0.05, 0) is 24.8 Å². The van der Waals surface area contributed by atoms with Crippen molar-refractivity contribution in [3.8, 4) is 0 Å². The highest BCUT2D eigenvalue weighted by atomic mass is 14.5. The van der Waals surface area contributed by atoms with Gasteiger partial charge >= 0.3 is 0 Å². The summed E-state index contributed by atoms with van der Waals surface area (Å²) in [5, 5.41) is 0. The van der Waals surface area contributed by atoms with Crippen molar-refractivity contribution in [2.24, 2.45) is 11.7 Å². The highest BCUT2D eigenvalue weighted by Gasteiger charge is 2.02. The molecule has 0 aromatic carbocycles. The number of allylic oxidation sites excluding steroid dienone is 8. The standard InChI is InChI=1S/C13H17N/c1-2-3-9-13(14)11-10-12-7-5-4-6-8-12/h2-7,9,11-12H,1,8,10,14H2/b9-3-,13-11+. The van der Waals surface area contributed by atoms with Crippen LogP contribution in [0.2, 0.25) is 0 Å². The summed E-state index contributed by atoms with van der Waals surface area (Å²) < 4.78 is 0. The largest absolute Gasteiger partial charge is 0.399 e. The molecular weight excluding hydrogens is 170 g/mol. The van der Waals surface area contributed by atoms with E-state index in [2.05, 4.69) is 37.0 Å². The molecule has 0 saturated carbocycles. The molecule has 0 bridgehead atoms. The van der Waals surface area contributed by atoms with Crippen molar-refractivity contribution in [3.63, 3.8) is 0 Å². The molecule has 1 rings (SSSR count). The molecule has 0 aromatic rings. The number of rotatable bonds is 4. The lowest BCUT2D eigenvalue weighted by atomic mass is 9.97. The first-order valence-corrected chi connectivity index (χ1v) is 4.91. The van der Waals surface area contributed by atoms with Gasteiger partial charge in [0.15, 0.2) is 0 Å². The molecule has 0 radical (unpaired) electrons. The van der Waals surface area contributed by atoms with Gasteiger partial charge in [0.05, 0.1) is 0 Å². The van der Waals surface area contributed by atoms with Gasteiger partial charge in [-0.2, -0.15) is 0 Å². The predicted octanol–water partition coefficient (Wildman–Crippen LogP) is 3.09. The Balaban J connectivity index is 2.38. The predicted molar refractivity (Wildman–Crippen MR) is 62.6 cm³/mol. The van der Waals surface area contributed by atoms with Gasteiger partial charge < -0.3 is 5.73 Å². The molecule has 0 heterocycles. The fourth-order valence-corrected chi connectivity index (χ4v) is 1.34. The molecule has 0 saturated heterocycles. The molecule has 1 nitrogen and oxygen atoms in total. The van der Waals surface area contributed by atoms with Gasteiger partial charge in [-0.3, -0.25) is 0 Å². The van der Waals surface area contributed by atoms with E-state index in [1.54, 1.807) is 6.08 Å². The zero-order valence-electron chi connectivity index (χ0n) is 8.39. The minimum atomic E-state index is 0.607. The minimum Gasteiger partial charge on any atom is -0.399 e. The normalized spacial score (nSPS) is 21.7. The summed E-state index contributed by atoms with van der Waals surface area (Å²) in [5.74, 6) is 0.607. The second-order valence-electron chi connectivity index (χ2n) is 3.34. The SMILES string of the molecule is C=C/C=C\C(N)=C/CC1C=CC=CC1. The lowest BCUT2D eigenvalue weighted by Crippen LogP contribution is -1.98. The average Bonchev–Trinajstić information content (AvgIpc) is 2.25. The molecule has 0 amide bonds. The van der Waals surface area contributed by atoms with Gasteiger partial charge in [-0.25, -0.2) is 0 Å². The van der Waals surface area contributed by atoms with Crippen molar-refractivity contribution in [2.75, 3.05) is 0 Å². The Morgan fingerprint density at radius 3 is 3.00 bits per heavy atom. The molecule has 0 aliphatic heterocycles. The third kappa shape index (κ3) is 3.94. The van der Waals surface area contributed by atoms with Crippen LogP contribution in [-0.4, -0.2) is 0 Å². The molecule has 2 N–H and O–H groups in total. The van der Waals surface area contributed by atoms with Crippen LogP contribution >= 0.6 is 0 Å². The van der Waals surface area contributed by atoms with E-state index in [4.69, 9.17) is 5.73 Å². The first-order valence-electron chi connectivity index (χ1n) is 4.91. The van der Waals surface area contributed by atoms with E-state index < -0.39 is 0 Å². The summed E-state index contributed by atoms with van der Waals surface area (Å²) in [6, 6.07) is 0. The molecule has 14 heavy (non-hydrogen) atoms. The van der Waals surface area contributed by atoms with Gasteiger partial charge in [0.2, 0.25) is 0 Å². The van der Waals surface area contributed by atoms with Gasteiger partial charge in [-0.1, -0.05) is 49.1 Å². The van der Waals surface area contributed by atoms with Gasteiger partial charge in [0.25, 0.3) is 0 Å². The highest BCUT2D eigenvalue weighted by molar-refractivity contribution is 5.19. The molecule has 1 atom stereocenters. The maximum absolute atomic E-state index is 5.76. The van der Waals surface area contributed by atoms with E-state index >= 15 is 0 Å². The Labute approximate surface area is 86.0 Å². The third-order valence-corrected chi connectivity index (χ3v) is 2.15. The smallest absolute Gasteiger partial charge is 0.0273 e. The van der Waals surface area contributed by atoms with Crippen molar-refractivity contribution >= 4 is 0 Å². The van der Waals surface area contributed by atoms with Gasteiger partial charge in [-0.15, -0.1) is 0 Å². The summed E-state index contributed by atoms with van der Waals surface area (Å²) in [4.78, 5) is 0. The average molecular weight is 187 g/mol. The minimum absolute atomic E-state index is 0.607. The van der Waals surface area contributed by atoms with E-state index in [9.17, 15) is 0 Å². The molecule has 1 aliphatic rings. The summed E-state index contributed by atoms with van der Waals surface area (Å²) in [6.07, 6.45) is 18.2.